The summed E-state index contributed by atoms with van der Waals surface area (Å²) in [4.78, 5) is 29.1. The number of hydrogen-bond acceptors (Lipinski definition) is 5. The fourth-order valence-corrected chi connectivity index (χ4v) is 5.92. The molecular weight excluding hydrogens is 470 g/mol. The summed E-state index contributed by atoms with van der Waals surface area (Å²) in [5, 5.41) is 10.1. The average molecular weight is 500 g/mol. The largest absolute Gasteiger partial charge is 0.313 e. The summed E-state index contributed by atoms with van der Waals surface area (Å²) in [6, 6.07) is 13.9. The Kier molecular flexibility index (Phi) is 5.91. The van der Waals surface area contributed by atoms with E-state index in [2.05, 4.69) is 16.3 Å². The van der Waals surface area contributed by atoms with Gasteiger partial charge >= 0.3 is 0 Å². The maximum absolute atomic E-state index is 13.6. The summed E-state index contributed by atoms with van der Waals surface area (Å²) < 4.78 is 3.56. The Labute approximate surface area is 213 Å². The Morgan fingerprint density at radius 2 is 1.94 bits per heavy atom. The van der Waals surface area contributed by atoms with Gasteiger partial charge in [0.2, 0.25) is 11.7 Å². The number of aryl methyl sites for hydroxylation is 2. The molecule has 0 saturated heterocycles. The number of nitrogens with zero attached hydrogens (tertiary/aromatic N) is 5. The molecule has 36 heavy (non-hydrogen) atoms. The fraction of sp³-hybridized carbons (Fsp3) is 0.357. The highest BCUT2D eigenvalue weighted by Gasteiger charge is 2.35. The van der Waals surface area contributed by atoms with Crippen molar-refractivity contribution in [1.29, 1.82) is 0 Å². The van der Waals surface area contributed by atoms with Gasteiger partial charge in [-0.1, -0.05) is 42.1 Å². The number of fused-ring (bicyclic) bond motifs is 3. The first-order valence-corrected chi connectivity index (χ1v) is 13.6. The van der Waals surface area contributed by atoms with Crippen molar-refractivity contribution in [2.24, 2.45) is 0 Å². The van der Waals surface area contributed by atoms with Gasteiger partial charge in [-0.05, 0) is 81.7 Å². The van der Waals surface area contributed by atoms with Crippen LogP contribution in [-0.4, -0.2) is 41.8 Å². The molecule has 0 unspecified atom stereocenters. The van der Waals surface area contributed by atoms with Crippen LogP contribution in [0, 0.1) is 13.8 Å². The van der Waals surface area contributed by atoms with Gasteiger partial charge in [0.1, 0.15) is 0 Å². The molecule has 6 rings (SSSR count). The van der Waals surface area contributed by atoms with E-state index in [-0.39, 0.29) is 17.2 Å². The lowest BCUT2D eigenvalue weighted by molar-refractivity contribution is -0.127. The number of aromatic nitrogens is 4. The van der Waals surface area contributed by atoms with Crippen LogP contribution in [0.4, 0.5) is 0 Å². The molecule has 0 bridgehead atoms. The third-order valence-corrected chi connectivity index (χ3v) is 8.00. The van der Waals surface area contributed by atoms with E-state index >= 15 is 0 Å². The molecule has 0 atom stereocenters. The number of allylic oxidation sites excluding steroid dienone is 2. The third-order valence-electron chi connectivity index (χ3n) is 7.08. The highest BCUT2D eigenvalue weighted by molar-refractivity contribution is 7.99. The van der Waals surface area contributed by atoms with Gasteiger partial charge in [0.25, 0.3) is 5.56 Å². The maximum atomic E-state index is 13.6. The first-order chi connectivity index (χ1) is 17.5. The highest BCUT2D eigenvalue weighted by Crippen LogP contribution is 2.35. The predicted molar refractivity (Wildman–Crippen MR) is 143 cm³/mol. The molecule has 0 radical (unpaired) electrons. The Bertz CT molecular complexity index is 1580. The summed E-state index contributed by atoms with van der Waals surface area (Å²) in [7, 11) is 0. The number of benzene rings is 2. The minimum Gasteiger partial charge on any atom is -0.313 e. The zero-order valence-electron chi connectivity index (χ0n) is 20.6. The number of thioether (sulfide) groups is 1. The van der Waals surface area contributed by atoms with Crippen LogP contribution < -0.4 is 5.56 Å². The Morgan fingerprint density at radius 1 is 1.11 bits per heavy atom. The maximum Gasteiger partial charge on any atom is 0.267 e. The number of carbonyl (C=O) groups excluding carboxylic acids is 1. The molecule has 8 heteroatoms. The Hall–Kier alpha value is -3.39. The van der Waals surface area contributed by atoms with Gasteiger partial charge in [-0.2, -0.15) is 0 Å². The Morgan fingerprint density at radius 3 is 2.72 bits per heavy atom. The zero-order valence-corrected chi connectivity index (χ0v) is 21.4. The van der Waals surface area contributed by atoms with E-state index in [0.717, 1.165) is 54.4 Å². The molecule has 1 fully saturated rings. The lowest BCUT2D eigenvalue weighted by Gasteiger charge is -2.27. The second-order valence-electron chi connectivity index (χ2n) is 9.79. The SMILES string of the molecule is Cc1ccc(C)c(-n2c(=O)c3ccccc3n3c(SCC(=O)N(C4=CCCCC4)C4CC4)nnc23)c1. The average Bonchev–Trinajstić information content (AvgIpc) is 3.64. The summed E-state index contributed by atoms with van der Waals surface area (Å²) in [5.41, 5.74) is 4.64. The zero-order chi connectivity index (χ0) is 24.8. The molecule has 184 valence electrons. The standard InChI is InChI=1S/C28H29N5O2S/c1-18-12-13-19(2)24(16-18)32-26(35)22-10-6-7-11-23(22)33-27(32)29-30-28(33)36-17-25(34)31(21-14-15-21)20-8-4-3-5-9-20/h6-8,10-13,16,21H,3-5,9,14-15,17H2,1-2H3. The van der Waals surface area contributed by atoms with Gasteiger partial charge in [0, 0.05) is 11.7 Å². The first kappa shape index (κ1) is 23.0. The summed E-state index contributed by atoms with van der Waals surface area (Å²) in [6.07, 6.45) is 8.78. The molecule has 2 aromatic carbocycles. The van der Waals surface area contributed by atoms with E-state index in [1.165, 1.54) is 23.9 Å². The van der Waals surface area contributed by atoms with E-state index in [0.29, 0.717) is 22.4 Å². The first-order valence-electron chi connectivity index (χ1n) is 12.6. The van der Waals surface area contributed by atoms with Crippen molar-refractivity contribution >= 4 is 34.3 Å². The van der Waals surface area contributed by atoms with Crippen LogP contribution in [0.3, 0.4) is 0 Å². The second kappa shape index (κ2) is 9.24. The number of rotatable bonds is 6. The van der Waals surface area contributed by atoms with Crippen molar-refractivity contribution in [1.82, 2.24) is 24.1 Å². The number of carbonyl (C=O) groups is 1. The van der Waals surface area contributed by atoms with E-state index in [9.17, 15) is 9.59 Å². The minimum absolute atomic E-state index is 0.125. The van der Waals surface area contributed by atoms with Gasteiger partial charge in [-0.15, -0.1) is 10.2 Å². The van der Waals surface area contributed by atoms with Gasteiger partial charge in [-0.3, -0.25) is 14.0 Å². The molecular formula is C28H29N5O2S. The second-order valence-corrected chi connectivity index (χ2v) is 10.7. The van der Waals surface area contributed by atoms with E-state index in [4.69, 9.17) is 0 Å². The van der Waals surface area contributed by atoms with E-state index in [1.54, 1.807) is 4.57 Å². The van der Waals surface area contributed by atoms with E-state index < -0.39 is 0 Å². The van der Waals surface area contributed by atoms with Gasteiger partial charge in [0.05, 0.1) is 22.3 Å². The molecule has 2 heterocycles. The molecule has 0 spiro atoms. The summed E-state index contributed by atoms with van der Waals surface area (Å²) >= 11 is 1.39. The van der Waals surface area contributed by atoms with Crippen molar-refractivity contribution in [3.63, 3.8) is 0 Å². The van der Waals surface area contributed by atoms with Crippen LogP contribution in [0.25, 0.3) is 22.4 Å². The van der Waals surface area contributed by atoms with E-state index in [1.807, 2.05) is 65.6 Å². The van der Waals surface area contributed by atoms with Gasteiger partial charge < -0.3 is 4.90 Å². The lowest BCUT2D eigenvalue weighted by atomic mass is 10.0. The predicted octanol–water partition coefficient (Wildman–Crippen LogP) is 5.19. The number of hydrogen-bond donors (Lipinski definition) is 0. The molecule has 2 aliphatic carbocycles. The van der Waals surface area contributed by atoms with Crippen molar-refractivity contribution in [3.8, 4) is 5.69 Å². The molecule has 7 nitrogen and oxygen atoms in total. The number of para-hydroxylation sites is 1. The Balaban J connectivity index is 1.42. The van der Waals surface area contributed by atoms with Crippen molar-refractivity contribution < 1.29 is 4.79 Å². The lowest BCUT2D eigenvalue weighted by Crippen LogP contribution is -2.34. The summed E-state index contributed by atoms with van der Waals surface area (Å²) in [6.45, 7) is 4.00. The van der Waals surface area contributed by atoms with Crippen molar-refractivity contribution in [2.45, 2.75) is 63.6 Å². The summed E-state index contributed by atoms with van der Waals surface area (Å²) in [5.74, 6) is 0.863. The molecule has 0 N–H and O–H groups in total. The quantitative estimate of drug-likeness (QED) is 0.341. The van der Waals surface area contributed by atoms with Crippen LogP contribution in [0.15, 0.2) is 64.2 Å². The third kappa shape index (κ3) is 4.03. The van der Waals surface area contributed by atoms with Crippen molar-refractivity contribution in [2.75, 3.05) is 5.75 Å². The van der Waals surface area contributed by atoms with Crippen LogP contribution in [0.2, 0.25) is 0 Å². The molecule has 2 aliphatic rings. The molecule has 1 saturated carbocycles. The number of amides is 1. The van der Waals surface area contributed by atoms with Gasteiger partial charge in [0.15, 0.2) is 5.16 Å². The minimum atomic E-state index is -0.129. The van der Waals surface area contributed by atoms with Crippen LogP contribution >= 0.6 is 11.8 Å². The fourth-order valence-electron chi connectivity index (χ4n) is 5.12. The van der Waals surface area contributed by atoms with Crippen LogP contribution in [0.5, 0.6) is 0 Å². The molecule has 1 amide bonds. The molecule has 0 aliphatic heterocycles. The van der Waals surface area contributed by atoms with Crippen LogP contribution in [0.1, 0.15) is 49.7 Å². The van der Waals surface area contributed by atoms with Gasteiger partial charge in [-0.25, -0.2) is 4.57 Å². The van der Waals surface area contributed by atoms with Crippen molar-refractivity contribution in [3.05, 3.63) is 75.7 Å². The monoisotopic (exact) mass is 499 g/mol. The smallest absolute Gasteiger partial charge is 0.267 e. The highest BCUT2D eigenvalue weighted by atomic mass is 32.2. The normalized spacial score (nSPS) is 15.9. The topological polar surface area (TPSA) is 72.5 Å². The molecule has 4 aromatic rings. The van der Waals surface area contributed by atoms with Crippen LogP contribution in [-0.2, 0) is 4.79 Å². The molecule has 2 aromatic heterocycles.